The molecule has 0 unspecified atom stereocenters. The summed E-state index contributed by atoms with van der Waals surface area (Å²) >= 11 is 0. The van der Waals surface area contributed by atoms with Crippen LogP contribution in [0.1, 0.15) is 10.4 Å². The lowest BCUT2D eigenvalue weighted by Gasteiger charge is -2.06. The predicted molar refractivity (Wildman–Crippen MR) is 71.7 cm³/mol. The second-order valence-electron chi connectivity index (χ2n) is 3.94. The summed E-state index contributed by atoms with van der Waals surface area (Å²) in [5.74, 6) is 0.261. The lowest BCUT2D eigenvalue weighted by molar-refractivity contribution is 0.102. The van der Waals surface area contributed by atoms with Gasteiger partial charge in [0.1, 0.15) is 12.1 Å². The van der Waals surface area contributed by atoms with Gasteiger partial charge in [0, 0.05) is 17.8 Å². The van der Waals surface area contributed by atoms with Gasteiger partial charge >= 0.3 is 0 Å². The van der Waals surface area contributed by atoms with Crippen LogP contribution in [-0.4, -0.2) is 20.9 Å². The maximum Gasteiger partial charge on any atom is 0.258 e. The molecular formula is C14H10N4O. The molecule has 0 fully saturated rings. The van der Waals surface area contributed by atoms with Gasteiger partial charge in [-0.3, -0.25) is 9.78 Å². The zero-order valence-electron chi connectivity index (χ0n) is 9.95. The van der Waals surface area contributed by atoms with Crippen molar-refractivity contribution < 1.29 is 4.79 Å². The molecule has 5 nitrogen and oxygen atoms in total. The molecule has 2 aromatic heterocycles. The van der Waals surface area contributed by atoms with Gasteiger partial charge in [0.15, 0.2) is 0 Å². The van der Waals surface area contributed by atoms with Crippen LogP contribution in [0.5, 0.6) is 0 Å². The molecule has 92 valence electrons. The number of fused-ring (bicyclic) bond motifs is 1. The summed E-state index contributed by atoms with van der Waals surface area (Å²) in [7, 11) is 0. The smallest absolute Gasteiger partial charge is 0.258 e. The van der Waals surface area contributed by atoms with E-state index >= 15 is 0 Å². The van der Waals surface area contributed by atoms with Crippen LogP contribution in [0.2, 0.25) is 0 Å². The van der Waals surface area contributed by atoms with Gasteiger partial charge in [0.25, 0.3) is 5.91 Å². The minimum absolute atomic E-state index is 0.239. The van der Waals surface area contributed by atoms with Crippen LogP contribution in [0.15, 0.2) is 55.1 Å². The Labute approximate surface area is 109 Å². The molecule has 1 N–H and O–H groups in total. The van der Waals surface area contributed by atoms with Gasteiger partial charge in [-0.15, -0.1) is 0 Å². The minimum atomic E-state index is -0.239. The molecule has 0 aliphatic heterocycles. The average Bonchev–Trinajstić information content (AvgIpc) is 2.48. The second-order valence-corrected chi connectivity index (χ2v) is 3.94. The van der Waals surface area contributed by atoms with E-state index in [1.807, 2.05) is 24.3 Å². The number of nitrogens with one attached hydrogen (secondary N) is 1. The molecule has 2 heterocycles. The number of rotatable bonds is 2. The van der Waals surface area contributed by atoms with Crippen molar-refractivity contribution in [3.63, 3.8) is 0 Å². The van der Waals surface area contributed by atoms with Gasteiger partial charge < -0.3 is 5.32 Å². The van der Waals surface area contributed by atoms with E-state index in [9.17, 15) is 4.79 Å². The molecule has 3 rings (SSSR count). The maximum absolute atomic E-state index is 12.0. The van der Waals surface area contributed by atoms with Crippen molar-refractivity contribution in [2.75, 3.05) is 5.32 Å². The fourth-order valence-corrected chi connectivity index (χ4v) is 1.78. The molecule has 19 heavy (non-hydrogen) atoms. The van der Waals surface area contributed by atoms with Gasteiger partial charge in [-0.25, -0.2) is 9.97 Å². The summed E-state index contributed by atoms with van der Waals surface area (Å²) < 4.78 is 0. The Hall–Kier alpha value is -2.82. The van der Waals surface area contributed by atoms with Crippen molar-refractivity contribution in [2.45, 2.75) is 0 Å². The average molecular weight is 250 g/mol. The maximum atomic E-state index is 12.0. The Morgan fingerprint density at radius 1 is 1.05 bits per heavy atom. The van der Waals surface area contributed by atoms with Crippen molar-refractivity contribution in [2.24, 2.45) is 0 Å². The van der Waals surface area contributed by atoms with E-state index in [1.54, 1.807) is 18.3 Å². The lowest BCUT2D eigenvalue weighted by atomic mass is 10.2. The SMILES string of the molecule is O=C(Nc1ncnc2ccccc12)c1cccnc1. The lowest BCUT2D eigenvalue weighted by Crippen LogP contribution is -2.13. The monoisotopic (exact) mass is 250 g/mol. The molecular weight excluding hydrogens is 240 g/mol. The minimum Gasteiger partial charge on any atom is -0.306 e. The highest BCUT2D eigenvalue weighted by Gasteiger charge is 2.09. The zero-order valence-corrected chi connectivity index (χ0v) is 9.95. The predicted octanol–water partition coefficient (Wildman–Crippen LogP) is 2.28. The highest BCUT2D eigenvalue weighted by Crippen LogP contribution is 2.18. The number of carbonyl (C=O) groups excluding carboxylic acids is 1. The molecule has 0 radical (unpaired) electrons. The molecule has 0 bridgehead atoms. The molecule has 0 spiro atoms. The zero-order chi connectivity index (χ0) is 13.1. The summed E-state index contributed by atoms with van der Waals surface area (Å²) in [4.78, 5) is 24.2. The fraction of sp³-hybridized carbons (Fsp3) is 0. The Balaban J connectivity index is 1.96. The van der Waals surface area contributed by atoms with Crippen molar-refractivity contribution in [1.29, 1.82) is 0 Å². The largest absolute Gasteiger partial charge is 0.306 e. The molecule has 5 heteroatoms. The first-order chi connectivity index (χ1) is 9.34. The van der Waals surface area contributed by atoms with Crippen LogP contribution in [0.25, 0.3) is 10.9 Å². The van der Waals surface area contributed by atoms with Crippen molar-refractivity contribution in [3.05, 3.63) is 60.7 Å². The third kappa shape index (κ3) is 2.26. The van der Waals surface area contributed by atoms with Crippen molar-refractivity contribution in [3.8, 4) is 0 Å². The number of pyridine rings is 1. The summed E-state index contributed by atoms with van der Waals surface area (Å²) in [5, 5.41) is 3.58. The summed E-state index contributed by atoms with van der Waals surface area (Å²) in [6.45, 7) is 0. The molecule has 0 aliphatic carbocycles. The third-order valence-corrected chi connectivity index (χ3v) is 2.70. The Morgan fingerprint density at radius 2 is 1.95 bits per heavy atom. The van der Waals surface area contributed by atoms with E-state index in [2.05, 4.69) is 20.3 Å². The number of aromatic nitrogens is 3. The van der Waals surface area contributed by atoms with E-state index < -0.39 is 0 Å². The number of para-hydroxylation sites is 1. The first-order valence-corrected chi connectivity index (χ1v) is 5.76. The number of nitrogens with zero attached hydrogens (tertiary/aromatic N) is 3. The first kappa shape index (κ1) is 11.3. The Bertz CT molecular complexity index is 722. The summed E-state index contributed by atoms with van der Waals surface area (Å²) in [5.41, 5.74) is 1.28. The van der Waals surface area contributed by atoms with E-state index in [0.717, 1.165) is 10.9 Å². The van der Waals surface area contributed by atoms with E-state index in [0.29, 0.717) is 11.4 Å². The topological polar surface area (TPSA) is 67.8 Å². The molecule has 0 saturated carbocycles. The first-order valence-electron chi connectivity index (χ1n) is 5.76. The number of hydrogen-bond donors (Lipinski definition) is 1. The van der Waals surface area contributed by atoms with E-state index in [-0.39, 0.29) is 5.91 Å². The van der Waals surface area contributed by atoms with Crippen molar-refractivity contribution in [1.82, 2.24) is 15.0 Å². The van der Waals surface area contributed by atoms with Gasteiger partial charge in [0.05, 0.1) is 11.1 Å². The van der Waals surface area contributed by atoms with Gasteiger partial charge in [-0.1, -0.05) is 12.1 Å². The van der Waals surface area contributed by atoms with Crippen molar-refractivity contribution >= 4 is 22.6 Å². The van der Waals surface area contributed by atoms with Gasteiger partial charge in [-0.05, 0) is 24.3 Å². The van der Waals surface area contributed by atoms with Crippen LogP contribution >= 0.6 is 0 Å². The third-order valence-electron chi connectivity index (χ3n) is 2.70. The molecule has 3 aromatic rings. The summed E-state index contributed by atoms with van der Waals surface area (Å²) in [6.07, 6.45) is 4.57. The number of hydrogen-bond acceptors (Lipinski definition) is 4. The van der Waals surface area contributed by atoms with Gasteiger partial charge in [-0.2, -0.15) is 0 Å². The van der Waals surface area contributed by atoms with Crippen LogP contribution in [-0.2, 0) is 0 Å². The van der Waals surface area contributed by atoms with E-state index in [1.165, 1.54) is 12.5 Å². The van der Waals surface area contributed by atoms with Crippen LogP contribution in [0.3, 0.4) is 0 Å². The molecule has 0 aliphatic rings. The molecule has 1 amide bonds. The van der Waals surface area contributed by atoms with E-state index in [4.69, 9.17) is 0 Å². The van der Waals surface area contributed by atoms with Crippen LogP contribution in [0, 0.1) is 0 Å². The molecule has 0 saturated heterocycles. The summed E-state index contributed by atoms with van der Waals surface area (Å²) in [6, 6.07) is 10.9. The number of amides is 1. The second kappa shape index (κ2) is 4.81. The number of benzene rings is 1. The highest BCUT2D eigenvalue weighted by molar-refractivity contribution is 6.07. The Kier molecular flexibility index (Phi) is 2.86. The quantitative estimate of drug-likeness (QED) is 0.757. The number of carbonyl (C=O) groups is 1. The standard InChI is InChI=1S/C14H10N4O/c19-14(10-4-3-7-15-8-10)18-13-11-5-1-2-6-12(11)16-9-17-13/h1-9H,(H,16,17,18,19). The van der Waals surface area contributed by atoms with Crippen LogP contribution < -0.4 is 5.32 Å². The van der Waals surface area contributed by atoms with Crippen LogP contribution in [0.4, 0.5) is 5.82 Å². The highest BCUT2D eigenvalue weighted by atomic mass is 16.1. The Morgan fingerprint density at radius 3 is 2.79 bits per heavy atom. The normalized spacial score (nSPS) is 10.3. The molecule has 0 atom stereocenters. The number of anilines is 1. The molecule has 1 aromatic carbocycles. The fourth-order valence-electron chi connectivity index (χ4n) is 1.78. The van der Waals surface area contributed by atoms with Gasteiger partial charge in [0.2, 0.25) is 0 Å².